The summed E-state index contributed by atoms with van der Waals surface area (Å²) in [5, 5.41) is 8.76. The maximum Gasteiger partial charge on any atom is 0.246 e. The second kappa shape index (κ2) is 13.1. The largest absolute Gasteiger partial charge is 0.380 e. The first-order valence-electron chi connectivity index (χ1n) is 7.31. The van der Waals surface area contributed by atoms with Crippen LogP contribution in [0.3, 0.4) is 0 Å². The SMILES string of the molecule is CCNC(=NCC(=O)Nc1ccc(F)cc1)NCCOCC.I. The number of hydrogen-bond donors (Lipinski definition) is 3. The van der Waals surface area contributed by atoms with E-state index in [9.17, 15) is 9.18 Å². The van der Waals surface area contributed by atoms with Crippen molar-refractivity contribution < 1.29 is 13.9 Å². The van der Waals surface area contributed by atoms with Crippen LogP contribution in [0.25, 0.3) is 0 Å². The highest BCUT2D eigenvalue weighted by Gasteiger charge is 2.03. The van der Waals surface area contributed by atoms with Gasteiger partial charge >= 0.3 is 0 Å². The number of carbonyl (C=O) groups is 1. The van der Waals surface area contributed by atoms with Crippen molar-refractivity contribution >= 4 is 41.5 Å². The van der Waals surface area contributed by atoms with Gasteiger partial charge in [0.25, 0.3) is 0 Å². The molecule has 8 heteroatoms. The third-order valence-electron chi connectivity index (χ3n) is 2.60. The number of nitrogens with one attached hydrogen (secondary N) is 3. The zero-order chi connectivity index (χ0) is 16.2. The third kappa shape index (κ3) is 10.1. The van der Waals surface area contributed by atoms with Gasteiger partial charge < -0.3 is 20.7 Å². The fourth-order valence-electron chi connectivity index (χ4n) is 1.61. The van der Waals surface area contributed by atoms with Crippen molar-refractivity contribution in [3.05, 3.63) is 30.1 Å². The van der Waals surface area contributed by atoms with Crippen molar-refractivity contribution in [1.82, 2.24) is 10.6 Å². The van der Waals surface area contributed by atoms with Crippen LogP contribution in [0.1, 0.15) is 13.8 Å². The van der Waals surface area contributed by atoms with E-state index in [1.165, 1.54) is 24.3 Å². The Morgan fingerprint density at radius 2 is 1.91 bits per heavy atom. The number of guanidine groups is 1. The number of anilines is 1. The van der Waals surface area contributed by atoms with Crippen LogP contribution in [0.15, 0.2) is 29.3 Å². The lowest BCUT2D eigenvalue weighted by Crippen LogP contribution is -2.39. The molecule has 0 unspecified atom stereocenters. The van der Waals surface area contributed by atoms with Crippen LogP contribution in [-0.4, -0.2) is 44.7 Å². The maximum atomic E-state index is 12.8. The van der Waals surface area contributed by atoms with Gasteiger partial charge in [-0.3, -0.25) is 4.79 Å². The molecule has 0 saturated heterocycles. The number of ether oxygens (including phenoxy) is 1. The van der Waals surface area contributed by atoms with Gasteiger partial charge in [0.1, 0.15) is 12.4 Å². The lowest BCUT2D eigenvalue weighted by Gasteiger charge is -2.11. The van der Waals surface area contributed by atoms with E-state index in [4.69, 9.17) is 4.74 Å². The summed E-state index contributed by atoms with van der Waals surface area (Å²) in [6, 6.07) is 5.58. The van der Waals surface area contributed by atoms with Gasteiger partial charge in [0.2, 0.25) is 5.91 Å². The lowest BCUT2D eigenvalue weighted by molar-refractivity contribution is -0.114. The Balaban J connectivity index is 0.00000484. The molecule has 6 nitrogen and oxygen atoms in total. The van der Waals surface area contributed by atoms with Gasteiger partial charge in [-0.1, -0.05) is 0 Å². The van der Waals surface area contributed by atoms with Crippen molar-refractivity contribution in [3.8, 4) is 0 Å². The van der Waals surface area contributed by atoms with Crippen LogP contribution in [0.4, 0.5) is 10.1 Å². The molecule has 0 atom stereocenters. The van der Waals surface area contributed by atoms with Gasteiger partial charge in [-0.25, -0.2) is 9.38 Å². The first kappa shape index (κ1) is 21.6. The highest BCUT2D eigenvalue weighted by Crippen LogP contribution is 2.07. The van der Waals surface area contributed by atoms with Crippen molar-refractivity contribution in [2.45, 2.75) is 13.8 Å². The average Bonchev–Trinajstić information content (AvgIpc) is 2.51. The van der Waals surface area contributed by atoms with Crippen molar-refractivity contribution in [2.24, 2.45) is 4.99 Å². The molecule has 0 aliphatic rings. The summed E-state index contributed by atoms with van der Waals surface area (Å²) in [4.78, 5) is 16.0. The Hall–Kier alpha value is -1.42. The summed E-state index contributed by atoms with van der Waals surface area (Å²) in [6.07, 6.45) is 0. The third-order valence-corrected chi connectivity index (χ3v) is 2.60. The zero-order valence-electron chi connectivity index (χ0n) is 13.4. The van der Waals surface area contributed by atoms with Crippen LogP contribution in [0.5, 0.6) is 0 Å². The number of aliphatic imine (C=N–C) groups is 1. The van der Waals surface area contributed by atoms with Crippen LogP contribution in [-0.2, 0) is 9.53 Å². The van der Waals surface area contributed by atoms with Gasteiger partial charge in [0.15, 0.2) is 5.96 Å². The minimum absolute atomic E-state index is 0. The van der Waals surface area contributed by atoms with Crippen molar-refractivity contribution in [1.29, 1.82) is 0 Å². The molecular weight excluding hydrogens is 414 g/mol. The summed E-state index contributed by atoms with van der Waals surface area (Å²) < 4.78 is 18.0. The number of benzene rings is 1. The number of carbonyl (C=O) groups excluding carboxylic acids is 1. The monoisotopic (exact) mass is 438 g/mol. The molecule has 0 saturated carbocycles. The molecule has 0 radical (unpaired) electrons. The molecule has 3 N–H and O–H groups in total. The number of halogens is 2. The number of nitrogens with zero attached hydrogens (tertiary/aromatic N) is 1. The molecule has 1 aromatic carbocycles. The molecule has 1 amide bonds. The molecule has 0 aliphatic carbocycles. The molecular formula is C15H24FIN4O2. The second-order valence-electron chi connectivity index (χ2n) is 4.37. The average molecular weight is 438 g/mol. The van der Waals surface area contributed by atoms with Crippen molar-refractivity contribution in [2.75, 3.05) is 38.2 Å². The van der Waals surface area contributed by atoms with Gasteiger partial charge in [0, 0.05) is 25.4 Å². The summed E-state index contributed by atoms with van der Waals surface area (Å²) in [7, 11) is 0. The molecule has 0 spiro atoms. The fraction of sp³-hybridized carbons (Fsp3) is 0.467. The Kier molecular flexibility index (Phi) is 12.3. The van der Waals surface area contributed by atoms with E-state index >= 15 is 0 Å². The first-order chi connectivity index (χ1) is 10.7. The second-order valence-corrected chi connectivity index (χ2v) is 4.37. The predicted octanol–water partition coefficient (Wildman–Crippen LogP) is 1.97. The molecule has 0 bridgehead atoms. The number of hydrogen-bond acceptors (Lipinski definition) is 3. The predicted molar refractivity (Wildman–Crippen MR) is 101 cm³/mol. The van der Waals surface area contributed by atoms with Gasteiger partial charge in [0.05, 0.1) is 6.61 Å². The van der Waals surface area contributed by atoms with E-state index in [1.807, 2.05) is 13.8 Å². The Morgan fingerprint density at radius 3 is 2.52 bits per heavy atom. The highest BCUT2D eigenvalue weighted by molar-refractivity contribution is 14.0. The van der Waals surface area contributed by atoms with Gasteiger partial charge in [-0.2, -0.15) is 0 Å². The minimum Gasteiger partial charge on any atom is -0.380 e. The summed E-state index contributed by atoms with van der Waals surface area (Å²) in [6.45, 7) is 6.39. The molecule has 1 aromatic rings. The van der Waals surface area contributed by atoms with E-state index < -0.39 is 0 Å². The van der Waals surface area contributed by atoms with E-state index in [2.05, 4.69) is 20.9 Å². The van der Waals surface area contributed by atoms with Crippen LogP contribution >= 0.6 is 24.0 Å². The molecule has 0 fully saturated rings. The molecule has 0 heterocycles. The smallest absolute Gasteiger partial charge is 0.246 e. The molecule has 0 aromatic heterocycles. The number of amides is 1. The summed E-state index contributed by atoms with van der Waals surface area (Å²) >= 11 is 0. The van der Waals surface area contributed by atoms with E-state index in [0.717, 1.165) is 0 Å². The summed E-state index contributed by atoms with van der Waals surface area (Å²) in [5.74, 6) is -0.0611. The maximum absolute atomic E-state index is 12.8. The molecule has 130 valence electrons. The van der Waals surface area contributed by atoms with Crippen LogP contribution in [0.2, 0.25) is 0 Å². The molecule has 1 rings (SSSR count). The van der Waals surface area contributed by atoms with E-state index in [0.29, 0.717) is 38.0 Å². The molecule has 23 heavy (non-hydrogen) atoms. The number of rotatable bonds is 8. The summed E-state index contributed by atoms with van der Waals surface area (Å²) in [5.41, 5.74) is 0.538. The quantitative estimate of drug-likeness (QED) is 0.251. The topological polar surface area (TPSA) is 74.8 Å². The van der Waals surface area contributed by atoms with Crippen LogP contribution in [0, 0.1) is 5.82 Å². The Morgan fingerprint density at radius 1 is 1.22 bits per heavy atom. The first-order valence-corrected chi connectivity index (χ1v) is 7.31. The normalized spacial score (nSPS) is 10.7. The lowest BCUT2D eigenvalue weighted by atomic mass is 10.3. The van der Waals surface area contributed by atoms with E-state index in [1.54, 1.807) is 0 Å². The Bertz CT molecular complexity index is 483. The van der Waals surface area contributed by atoms with E-state index in [-0.39, 0.29) is 42.2 Å². The Labute approximate surface area is 153 Å². The highest BCUT2D eigenvalue weighted by atomic mass is 127. The van der Waals surface area contributed by atoms with Gasteiger partial charge in [-0.05, 0) is 38.1 Å². The van der Waals surface area contributed by atoms with Crippen LogP contribution < -0.4 is 16.0 Å². The fourth-order valence-corrected chi connectivity index (χ4v) is 1.61. The molecule has 0 aliphatic heterocycles. The zero-order valence-corrected chi connectivity index (χ0v) is 15.7. The standard InChI is InChI=1S/C15H23FN4O2.HI/c1-3-17-15(18-9-10-22-4-2)19-11-14(21)20-13-7-5-12(16)6-8-13;/h5-8H,3-4,9-11H2,1-2H3,(H,20,21)(H2,17,18,19);1H. The minimum atomic E-state index is -0.344. The van der Waals surface area contributed by atoms with Gasteiger partial charge in [-0.15, -0.1) is 24.0 Å². The van der Waals surface area contributed by atoms with Crippen molar-refractivity contribution in [3.63, 3.8) is 0 Å².